The van der Waals surface area contributed by atoms with E-state index in [1.54, 1.807) is 26.0 Å². The van der Waals surface area contributed by atoms with Gasteiger partial charge in [-0.1, -0.05) is 19.9 Å². The SMILES string of the molecule is CCOc1ccc2c(c1)CCN(C(=O)C1CC(OC(C)=O)C1)[C@H]2C(=O)Nc1cc(F)c(C(C)(C)COC)c(F)c1. The van der Waals surface area contributed by atoms with Crippen LogP contribution >= 0.6 is 0 Å². The molecule has 1 fully saturated rings. The number of hydrogen-bond donors (Lipinski definition) is 1. The van der Waals surface area contributed by atoms with Gasteiger partial charge in [-0.2, -0.15) is 0 Å². The summed E-state index contributed by atoms with van der Waals surface area (Å²) in [5.74, 6) is -2.55. The van der Waals surface area contributed by atoms with Gasteiger partial charge in [-0.15, -0.1) is 0 Å². The molecular weight excluding hydrogens is 522 g/mol. The number of fused-ring (bicyclic) bond motifs is 1. The van der Waals surface area contributed by atoms with Gasteiger partial charge in [0.1, 0.15) is 29.5 Å². The first-order chi connectivity index (χ1) is 18.9. The van der Waals surface area contributed by atoms with E-state index in [1.807, 2.05) is 13.0 Å². The summed E-state index contributed by atoms with van der Waals surface area (Å²) in [4.78, 5) is 40.0. The Hall–Kier alpha value is -3.53. The summed E-state index contributed by atoms with van der Waals surface area (Å²) in [5.41, 5.74) is 0.358. The number of carbonyl (C=O) groups excluding carboxylic acids is 3. The molecule has 1 aliphatic heterocycles. The van der Waals surface area contributed by atoms with Gasteiger partial charge in [0.15, 0.2) is 0 Å². The molecule has 0 radical (unpaired) electrons. The van der Waals surface area contributed by atoms with Crippen molar-refractivity contribution in [3.8, 4) is 5.75 Å². The second kappa shape index (κ2) is 11.9. The Labute approximate surface area is 233 Å². The summed E-state index contributed by atoms with van der Waals surface area (Å²) in [6.45, 7) is 7.39. The van der Waals surface area contributed by atoms with Crippen molar-refractivity contribution >= 4 is 23.5 Å². The molecule has 4 rings (SSSR count). The van der Waals surface area contributed by atoms with Gasteiger partial charge in [0.05, 0.1) is 13.2 Å². The molecule has 1 heterocycles. The highest BCUT2D eigenvalue weighted by Gasteiger charge is 2.44. The van der Waals surface area contributed by atoms with Crippen LogP contribution in [0, 0.1) is 17.6 Å². The molecule has 8 nitrogen and oxygen atoms in total. The molecule has 2 amide bonds. The molecular formula is C30H36F2N2O6. The van der Waals surface area contributed by atoms with Gasteiger partial charge in [0.25, 0.3) is 5.91 Å². The molecule has 0 spiro atoms. The molecule has 1 saturated carbocycles. The van der Waals surface area contributed by atoms with Gasteiger partial charge in [-0.05, 0) is 61.6 Å². The molecule has 1 aliphatic carbocycles. The van der Waals surface area contributed by atoms with E-state index < -0.39 is 35.0 Å². The number of rotatable bonds is 9. The van der Waals surface area contributed by atoms with E-state index in [9.17, 15) is 14.4 Å². The minimum atomic E-state index is -1.02. The van der Waals surface area contributed by atoms with Crippen LogP contribution in [0.1, 0.15) is 63.3 Å². The zero-order valence-electron chi connectivity index (χ0n) is 23.5. The normalized spacial score (nSPS) is 20.3. The van der Waals surface area contributed by atoms with Crippen LogP contribution < -0.4 is 10.1 Å². The van der Waals surface area contributed by atoms with E-state index in [1.165, 1.54) is 18.9 Å². The molecule has 0 saturated heterocycles. The number of hydrogen-bond acceptors (Lipinski definition) is 6. The van der Waals surface area contributed by atoms with Crippen LogP contribution in [0.15, 0.2) is 30.3 Å². The quantitative estimate of drug-likeness (QED) is 0.449. The zero-order valence-corrected chi connectivity index (χ0v) is 23.5. The van der Waals surface area contributed by atoms with E-state index >= 15 is 8.78 Å². The van der Waals surface area contributed by atoms with Crippen molar-refractivity contribution in [2.24, 2.45) is 5.92 Å². The van der Waals surface area contributed by atoms with E-state index in [4.69, 9.17) is 14.2 Å². The lowest BCUT2D eigenvalue weighted by Crippen LogP contribution is -2.51. The molecule has 10 heteroatoms. The number of nitrogens with one attached hydrogen (secondary N) is 1. The number of anilines is 1. The fraction of sp³-hybridized carbons (Fsp3) is 0.500. The highest BCUT2D eigenvalue weighted by atomic mass is 19.1. The predicted molar refractivity (Wildman–Crippen MR) is 144 cm³/mol. The molecule has 0 bridgehead atoms. The van der Waals surface area contributed by atoms with Gasteiger partial charge in [0.2, 0.25) is 5.91 Å². The third-order valence-corrected chi connectivity index (χ3v) is 7.45. The van der Waals surface area contributed by atoms with Crippen LogP contribution in [0.4, 0.5) is 14.5 Å². The number of ether oxygens (including phenoxy) is 3. The Morgan fingerprint density at radius 2 is 1.77 bits per heavy atom. The number of esters is 1. The lowest BCUT2D eigenvalue weighted by Gasteiger charge is -2.42. The van der Waals surface area contributed by atoms with E-state index in [0.29, 0.717) is 37.2 Å². The van der Waals surface area contributed by atoms with Crippen LogP contribution in [0.3, 0.4) is 0 Å². The number of amides is 2. The van der Waals surface area contributed by atoms with Gasteiger partial charge in [-0.3, -0.25) is 14.4 Å². The van der Waals surface area contributed by atoms with Gasteiger partial charge in [0, 0.05) is 43.2 Å². The molecule has 2 aromatic carbocycles. The number of carbonyl (C=O) groups is 3. The first-order valence-corrected chi connectivity index (χ1v) is 13.5. The van der Waals surface area contributed by atoms with E-state index in [0.717, 1.165) is 17.7 Å². The molecule has 0 aromatic heterocycles. The average Bonchev–Trinajstić information content (AvgIpc) is 2.84. The Bertz CT molecular complexity index is 1270. The van der Waals surface area contributed by atoms with Crippen molar-refractivity contribution in [3.05, 3.63) is 58.7 Å². The van der Waals surface area contributed by atoms with Crippen molar-refractivity contribution in [2.45, 2.75) is 64.5 Å². The summed E-state index contributed by atoms with van der Waals surface area (Å²) in [7, 11) is 1.46. The molecule has 2 aromatic rings. The third kappa shape index (κ3) is 6.11. The Kier molecular flexibility index (Phi) is 8.77. The molecule has 0 unspecified atom stereocenters. The fourth-order valence-electron chi connectivity index (χ4n) is 5.65. The van der Waals surface area contributed by atoms with Crippen LogP contribution in [-0.4, -0.2) is 55.7 Å². The Morgan fingerprint density at radius 3 is 2.38 bits per heavy atom. The first kappa shape index (κ1) is 29.5. The largest absolute Gasteiger partial charge is 0.494 e. The lowest BCUT2D eigenvalue weighted by molar-refractivity contribution is -0.161. The maximum absolute atomic E-state index is 15.1. The van der Waals surface area contributed by atoms with Crippen LogP contribution in [-0.2, 0) is 35.7 Å². The summed E-state index contributed by atoms with van der Waals surface area (Å²) in [6, 6.07) is 6.49. The van der Waals surface area contributed by atoms with Crippen molar-refractivity contribution in [3.63, 3.8) is 0 Å². The third-order valence-electron chi connectivity index (χ3n) is 7.45. The number of nitrogens with zero attached hydrogens (tertiary/aromatic N) is 1. The predicted octanol–water partition coefficient (Wildman–Crippen LogP) is 4.69. The zero-order chi connectivity index (χ0) is 29.2. The van der Waals surface area contributed by atoms with E-state index in [-0.39, 0.29) is 42.3 Å². The maximum atomic E-state index is 15.1. The summed E-state index contributed by atoms with van der Waals surface area (Å²) >= 11 is 0. The molecule has 1 atom stereocenters. The monoisotopic (exact) mass is 558 g/mol. The van der Waals surface area contributed by atoms with Crippen molar-refractivity contribution in [2.75, 3.05) is 32.2 Å². The Balaban J connectivity index is 1.62. The van der Waals surface area contributed by atoms with Gasteiger partial charge < -0.3 is 24.4 Å². The van der Waals surface area contributed by atoms with Crippen LogP contribution in [0.2, 0.25) is 0 Å². The lowest BCUT2D eigenvalue weighted by atomic mass is 9.80. The van der Waals surface area contributed by atoms with Crippen LogP contribution in [0.5, 0.6) is 5.75 Å². The summed E-state index contributed by atoms with van der Waals surface area (Å²) in [6.07, 6.45) is 0.956. The number of methoxy groups -OCH3 is 1. The summed E-state index contributed by atoms with van der Waals surface area (Å²) in [5, 5.41) is 2.63. The smallest absolute Gasteiger partial charge is 0.302 e. The van der Waals surface area contributed by atoms with Crippen LogP contribution in [0.25, 0.3) is 0 Å². The number of halogens is 2. The fourth-order valence-corrected chi connectivity index (χ4v) is 5.65. The average molecular weight is 559 g/mol. The topological polar surface area (TPSA) is 94.2 Å². The second-order valence-electron chi connectivity index (χ2n) is 11.0. The van der Waals surface area contributed by atoms with Gasteiger partial charge >= 0.3 is 5.97 Å². The number of benzene rings is 2. The molecule has 40 heavy (non-hydrogen) atoms. The first-order valence-electron chi connectivity index (χ1n) is 13.5. The standard InChI is InChI=1S/C30H36F2N2O6/c1-6-39-21-7-8-23-18(11-21)9-10-34(29(37)19-12-22(13-19)40-17(2)35)27(23)28(36)33-20-14-24(31)26(25(32)15-20)30(3,4)16-38-5/h7-8,11,14-15,19,22,27H,6,9-10,12-13,16H2,1-5H3,(H,33,36)/t19?,22?,27-/m1/s1. The minimum Gasteiger partial charge on any atom is -0.494 e. The van der Waals surface area contributed by atoms with Crippen molar-refractivity contribution < 1.29 is 37.4 Å². The maximum Gasteiger partial charge on any atom is 0.302 e. The van der Waals surface area contributed by atoms with Crippen molar-refractivity contribution in [1.82, 2.24) is 4.90 Å². The molecule has 2 aliphatic rings. The van der Waals surface area contributed by atoms with E-state index in [2.05, 4.69) is 5.32 Å². The Morgan fingerprint density at radius 1 is 1.10 bits per heavy atom. The second-order valence-corrected chi connectivity index (χ2v) is 11.0. The highest BCUT2D eigenvalue weighted by Crippen LogP contribution is 2.39. The van der Waals surface area contributed by atoms with Crippen molar-refractivity contribution in [1.29, 1.82) is 0 Å². The highest BCUT2D eigenvalue weighted by molar-refractivity contribution is 5.99. The summed E-state index contributed by atoms with van der Waals surface area (Å²) < 4.78 is 46.1. The minimum absolute atomic E-state index is 0.0546. The molecule has 1 N–H and O–H groups in total. The van der Waals surface area contributed by atoms with Gasteiger partial charge in [-0.25, -0.2) is 8.78 Å². The molecule has 216 valence electrons.